The number of piperazine rings is 1. The Balaban J connectivity index is 0.992. The van der Waals surface area contributed by atoms with Gasteiger partial charge in [-0.15, -0.1) is 0 Å². The van der Waals surface area contributed by atoms with Crippen molar-refractivity contribution in [1.29, 1.82) is 0 Å². The van der Waals surface area contributed by atoms with Gasteiger partial charge in [-0.05, 0) is 125 Å². The topological polar surface area (TPSA) is 138 Å². The zero-order valence-electron chi connectivity index (χ0n) is 38.6. The maximum atomic E-state index is 17.6. The molecule has 2 unspecified atom stereocenters. The van der Waals surface area contributed by atoms with Crippen LogP contribution in [0.4, 0.5) is 19.4 Å². The first-order valence-corrected chi connectivity index (χ1v) is 23.3. The number of benzene rings is 2. The van der Waals surface area contributed by atoms with E-state index in [9.17, 15) is 9.59 Å². The lowest BCUT2D eigenvalue weighted by atomic mass is 9.67. The molecule has 3 saturated heterocycles. The first-order valence-electron chi connectivity index (χ1n) is 23.3. The van der Waals surface area contributed by atoms with E-state index in [4.69, 9.17) is 43.4 Å². The van der Waals surface area contributed by atoms with Gasteiger partial charge in [-0.2, -0.15) is 9.97 Å². The Labute approximate surface area is 379 Å². The van der Waals surface area contributed by atoms with Crippen molar-refractivity contribution >= 4 is 39.6 Å². The molecule has 1 spiro atoms. The number of likely N-dealkylation sites (tertiary alicyclic amines) is 1. The third kappa shape index (κ3) is 9.40. The van der Waals surface area contributed by atoms with Crippen LogP contribution in [0, 0.1) is 22.5 Å². The minimum absolute atomic E-state index is 0.000974. The molecule has 65 heavy (non-hydrogen) atoms. The maximum absolute atomic E-state index is 17.6. The van der Waals surface area contributed by atoms with E-state index >= 15 is 8.78 Å². The summed E-state index contributed by atoms with van der Waals surface area (Å²) in [6.45, 7) is 13.8. The first-order chi connectivity index (χ1) is 31.2. The van der Waals surface area contributed by atoms with Gasteiger partial charge in [-0.3, -0.25) is 9.88 Å². The molecular formula is C49H62F2N6O8. The number of anilines is 1. The second-order valence-corrected chi connectivity index (χ2v) is 19.9. The number of amides is 1. The zero-order valence-corrected chi connectivity index (χ0v) is 38.6. The molecule has 1 amide bonds. The molecule has 3 aliphatic heterocycles. The quantitative estimate of drug-likeness (QED) is 0.0838. The van der Waals surface area contributed by atoms with Crippen LogP contribution in [-0.4, -0.2) is 127 Å². The molecule has 0 N–H and O–H groups in total. The number of nitrogens with zero attached hydrogens (tertiary/aromatic N) is 6. The molecule has 2 aromatic heterocycles. The summed E-state index contributed by atoms with van der Waals surface area (Å²) in [5, 5.41) is 1.63. The van der Waals surface area contributed by atoms with Crippen LogP contribution >= 0.6 is 0 Å². The Morgan fingerprint density at radius 1 is 0.938 bits per heavy atom. The lowest BCUT2D eigenvalue weighted by Crippen LogP contribution is -2.59. The molecule has 4 aromatic rings. The van der Waals surface area contributed by atoms with Gasteiger partial charge in [0, 0.05) is 57.0 Å². The summed E-state index contributed by atoms with van der Waals surface area (Å²) in [4.78, 5) is 46.2. The second kappa shape index (κ2) is 18.0. The van der Waals surface area contributed by atoms with Gasteiger partial charge in [0.1, 0.15) is 40.8 Å². The van der Waals surface area contributed by atoms with Crippen molar-refractivity contribution < 1.29 is 46.8 Å². The Bertz CT molecular complexity index is 2410. The fraction of sp³-hybridized carbons (Fsp3) is 0.612. The van der Waals surface area contributed by atoms with Crippen LogP contribution in [0.15, 0.2) is 30.5 Å². The molecule has 9 rings (SSSR count). The molecule has 350 valence electrons. The molecule has 2 bridgehead atoms. The van der Waals surface area contributed by atoms with Crippen LogP contribution in [0.3, 0.4) is 0 Å². The van der Waals surface area contributed by atoms with E-state index in [1.54, 1.807) is 31.3 Å². The lowest BCUT2D eigenvalue weighted by molar-refractivity contribution is -0.152. The smallest absolute Gasteiger partial charge is 0.410 e. The summed E-state index contributed by atoms with van der Waals surface area (Å²) in [6.07, 6.45) is 9.36. The highest BCUT2D eigenvalue weighted by Crippen LogP contribution is 2.51. The summed E-state index contributed by atoms with van der Waals surface area (Å²) in [5.74, 6) is -0.473. The van der Waals surface area contributed by atoms with Crippen molar-refractivity contribution in [3.8, 4) is 23.0 Å². The van der Waals surface area contributed by atoms with E-state index in [0.717, 1.165) is 71.0 Å². The van der Waals surface area contributed by atoms with Crippen molar-refractivity contribution in [2.24, 2.45) is 10.8 Å². The molecule has 2 atom stereocenters. The number of pyridine rings is 1. The van der Waals surface area contributed by atoms with E-state index in [2.05, 4.69) is 9.80 Å². The Morgan fingerprint density at radius 2 is 1.68 bits per heavy atom. The summed E-state index contributed by atoms with van der Waals surface area (Å²) in [7, 11) is 1.52. The van der Waals surface area contributed by atoms with Crippen LogP contribution in [0.2, 0.25) is 0 Å². The van der Waals surface area contributed by atoms with Crippen LogP contribution < -0.4 is 14.4 Å². The van der Waals surface area contributed by atoms with Gasteiger partial charge in [0.25, 0.3) is 0 Å². The first kappa shape index (κ1) is 45.2. The van der Waals surface area contributed by atoms with Gasteiger partial charge >= 0.3 is 18.1 Å². The summed E-state index contributed by atoms with van der Waals surface area (Å²) >= 11 is 0. The number of halogens is 2. The normalized spacial score (nSPS) is 21.5. The highest BCUT2D eigenvalue weighted by molar-refractivity contribution is 6.02. The predicted molar refractivity (Wildman–Crippen MR) is 240 cm³/mol. The van der Waals surface area contributed by atoms with E-state index in [0.29, 0.717) is 71.6 Å². The maximum Gasteiger partial charge on any atom is 0.410 e. The Morgan fingerprint density at radius 3 is 2.34 bits per heavy atom. The number of aryl methyl sites for hydroxylation is 1. The van der Waals surface area contributed by atoms with Crippen molar-refractivity contribution in [3.63, 3.8) is 0 Å². The molecule has 2 saturated carbocycles. The highest BCUT2D eigenvalue weighted by Gasteiger charge is 2.52. The van der Waals surface area contributed by atoms with E-state index < -0.39 is 11.4 Å². The summed E-state index contributed by atoms with van der Waals surface area (Å²) < 4.78 is 67.2. The minimum Gasteiger partial charge on any atom is -0.468 e. The molecule has 2 aromatic carbocycles. The largest absolute Gasteiger partial charge is 0.468 e. The van der Waals surface area contributed by atoms with Crippen molar-refractivity contribution in [2.45, 2.75) is 116 Å². The zero-order chi connectivity index (χ0) is 45.7. The SMILES string of the molecule is CCOC(=O)COC1CCC2(CC1)CN(CC1(COc3nc(N4CC5CCC(C4)N5C(=O)OC(C)(C)C)c4cnc(-c5cc(OCOC)cc6ccc(F)c(CC)c56)c(F)c4n3)CC1)C2. The molecule has 14 nitrogen and oxygen atoms in total. The number of esters is 1. The van der Waals surface area contributed by atoms with Crippen LogP contribution in [-0.2, 0) is 30.2 Å². The number of fused-ring (bicyclic) bond motifs is 4. The summed E-state index contributed by atoms with van der Waals surface area (Å²) in [6, 6.07) is 6.36. The molecule has 5 heterocycles. The monoisotopic (exact) mass is 900 g/mol. The number of ether oxygens (including phenoxy) is 6. The van der Waals surface area contributed by atoms with E-state index in [1.165, 1.54) is 13.2 Å². The summed E-state index contributed by atoms with van der Waals surface area (Å²) in [5.41, 5.74) is 0.434. The Hall–Kier alpha value is -4.93. The number of rotatable bonds is 15. The molecule has 2 aliphatic carbocycles. The number of methoxy groups -OCH3 is 1. The van der Waals surface area contributed by atoms with Crippen LogP contribution in [0.1, 0.15) is 91.5 Å². The van der Waals surface area contributed by atoms with Gasteiger partial charge in [0.2, 0.25) is 0 Å². The molecule has 5 aliphatic rings. The van der Waals surface area contributed by atoms with Crippen molar-refractivity contribution in [3.05, 3.63) is 47.7 Å². The number of aromatic nitrogens is 3. The van der Waals surface area contributed by atoms with Gasteiger partial charge in [-0.1, -0.05) is 13.0 Å². The van der Waals surface area contributed by atoms with E-state index in [-0.39, 0.29) is 77.5 Å². The standard InChI is InChI=1S/C49H62F2N6O8/c1-7-35-38(50)12-9-30-19-34(64-29-60-6)20-36(40(30)35)42-41(51)43-37(21-52-42)44(56-22-31-10-11-32(23-56)57(31)46(59)65-47(3,4)5)54-45(53-43)63-28-49(17-18-49)27-55-25-48(26-55)15-13-33(14-16-48)62-24-39(58)61-8-2/h9,12,19-21,31-33H,7-8,10-11,13-18,22-29H2,1-6H3. The molecule has 5 fully saturated rings. The second-order valence-electron chi connectivity index (χ2n) is 19.9. The van der Waals surface area contributed by atoms with Gasteiger partial charge in [0.05, 0.1) is 36.8 Å². The van der Waals surface area contributed by atoms with Gasteiger partial charge in [-0.25, -0.2) is 18.4 Å². The highest BCUT2D eigenvalue weighted by atomic mass is 19.1. The van der Waals surface area contributed by atoms with E-state index in [1.807, 2.05) is 32.6 Å². The lowest BCUT2D eigenvalue weighted by Gasteiger charge is -2.54. The molecule has 16 heteroatoms. The molecular weight excluding hydrogens is 839 g/mol. The molecule has 0 radical (unpaired) electrons. The number of hydrogen-bond donors (Lipinski definition) is 0. The Kier molecular flexibility index (Phi) is 12.6. The van der Waals surface area contributed by atoms with Crippen molar-refractivity contribution in [2.75, 3.05) is 71.3 Å². The number of carbonyl (C=O) groups excluding carboxylic acids is 2. The van der Waals surface area contributed by atoms with Gasteiger partial charge in [0.15, 0.2) is 12.6 Å². The van der Waals surface area contributed by atoms with Crippen molar-refractivity contribution in [1.82, 2.24) is 24.8 Å². The fourth-order valence-corrected chi connectivity index (χ4v) is 10.7. The predicted octanol–water partition coefficient (Wildman–Crippen LogP) is 8.24. The van der Waals surface area contributed by atoms with Crippen LogP contribution in [0.5, 0.6) is 11.8 Å². The average Bonchev–Trinajstić information content (AvgIpc) is 3.98. The fourth-order valence-electron chi connectivity index (χ4n) is 10.7. The number of carbonyl (C=O) groups is 2. The van der Waals surface area contributed by atoms with Gasteiger partial charge < -0.3 is 38.2 Å². The van der Waals surface area contributed by atoms with Crippen LogP contribution in [0.25, 0.3) is 32.9 Å². The average molecular weight is 901 g/mol. The minimum atomic E-state index is -0.684. The number of hydrogen-bond acceptors (Lipinski definition) is 13. The third-order valence-electron chi connectivity index (χ3n) is 14.0. The third-order valence-corrected chi connectivity index (χ3v) is 14.0.